The van der Waals surface area contributed by atoms with Gasteiger partial charge in [0.15, 0.2) is 0 Å². The lowest BCUT2D eigenvalue weighted by molar-refractivity contribution is 0.799. The van der Waals surface area contributed by atoms with E-state index in [0.29, 0.717) is 0 Å². The number of hydrogen-bond acceptors (Lipinski definition) is 2. The van der Waals surface area contributed by atoms with Gasteiger partial charge in [0.05, 0.1) is 5.37 Å². The minimum Gasteiger partial charge on any atom is -0.305 e. The number of fused-ring (bicyclic) bond motifs is 1. The molecule has 1 aliphatic rings. The summed E-state index contributed by atoms with van der Waals surface area (Å²) >= 11 is 4.45. The molecular formula is C11H15NS. The highest BCUT2D eigenvalue weighted by Gasteiger charge is 2.12. The van der Waals surface area contributed by atoms with E-state index >= 15 is 0 Å². The zero-order valence-corrected chi connectivity index (χ0v) is 8.77. The summed E-state index contributed by atoms with van der Waals surface area (Å²) in [5, 5.41) is 3.31. The van der Waals surface area contributed by atoms with Crippen LogP contribution in [0.1, 0.15) is 28.5 Å². The van der Waals surface area contributed by atoms with Crippen LogP contribution in [0.3, 0.4) is 0 Å². The molecule has 1 aromatic carbocycles. The van der Waals surface area contributed by atoms with E-state index in [9.17, 15) is 0 Å². The standard InChI is InChI=1S/C11H15NS/c1-12-11(13)10-6-5-8-3-2-4-9(8)7-10/h5-7,11-13H,2-4H2,1H3. The lowest BCUT2D eigenvalue weighted by Gasteiger charge is -2.11. The minimum absolute atomic E-state index is 0.172. The molecule has 0 heterocycles. The Morgan fingerprint density at radius 3 is 2.85 bits per heavy atom. The summed E-state index contributed by atoms with van der Waals surface area (Å²) < 4.78 is 0. The minimum atomic E-state index is 0.172. The van der Waals surface area contributed by atoms with Gasteiger partial charge in [-0.25, -0.2) is 0 Å². The second-order valence-electron chi connectivity index (χ2n) is 3.57. The van der Waals surface area contributed by atoms with Crippen LogP contribution in [0.25, 0.3) is 0 Å². The summed E-state index contributed by atoms with van der Waals surface area (Å²) in [6, 6.07) is 6.72. The lowest BCUT2D eigenvalue weighted by Crippen LogP contribution is -2.10. The van der Waals surface area contributed by atoms with Crippen molar-refractivity contribution in [1.29, 1.82) is 0 Å². The van der Waals surface area contributed by atoms with Crippen molar-refractivity contribution >= 4 is 12.6 Å². The predicted molar refractivity (Wildman–Crippen MR) is 59.3 cm³/mol. The summed E-state index contributed by atoms with van der Waals surface area (Å²) in [6.45, 7) is 0. The summed E-state index contributed by atoms with van der Waals surface area (Å²) in [4.78, 5) is 0. The molecule has 0 amide bonds. The molecule has 0 fully saturated rings. The zero-order valence-electron chi connectivity index (χ0n) is 7.88. The van der Waals surface area contributed by atoms with Crippen molar-refractivity contribution in [3.63, 3.8) is 0 Å². The molecule has 0 aromatic heterocycles. The molecule has 0 radical (unpaired) electrons. The first-order valence-electron chi connectivity index (χ1n) is 4.78. The van der Waals surface area contributed by atoms with Crippen molar-refractivity contribution in [2.75, 3.05) is 7.05 Å². The molecule has 0 saturated heterocycles. The third-order valence-electron chi connectivity index (χ3n) is 2.71. The summed E-state index contributed by atoms with van der Waals surface area (Å²) in [7, 11) is 1.94. The first-order valence-corrected chi connectivity index (χ1v) is 5.30. The first kappa shape index (κ1) is 9.10. The quantitative estimate of drug-likeness (QED) is 0.542. The molecule has 0 bridgehead atoms. The third kappa shape index (κ3) is 1.74. The van der Waals surface area contributed by atoms with Crippen LogP contribution in [-0.4, -0.2) is 7.05 Å². The van der Waals surface area contributed by atoms with Gasteiger partial charge < -0.3 is 5.32 Å². The molecule has 0 aliphatic heterocycles. The second-order valence-corrected chi connectivity index (χ2v) is 4.09. The Morgan fingerprint density at radius 1 is 1.31 bits per heavy atom. The normalized spacial score (nSPS) is 17.1. The van der Waals surface area contributed by atoms with Crippen molar-refractivity contribution in [2.24, 2.45) is 0 Å². The fourth-order valence-electron chi connectivity index (χ4n) is 1.93. The Hall–Kier alpha value is -0.470. The van der Waals surface area contributed by atoms with E-state index < -0.39 is 0 Å². The van der Waals surface area contributed by atoms with Crippen LogP contribution >= 0.6 is 12.6 Å². The average Bonchev–Trinajstić information content (AvgIpc) is 2.63. The van der Waals surface area contributed by atoms with E-state index in [4.69, 9.17) is 0 Å². The number of rotatable bonds is 2. The number of hydrogen-bond donors (Lipinski definition) is 2. The number of thiol groups is 1. The molecule has 2 heteroatoms. The topological polar surface area (TPSA) is 12.0 Å². The fourth-order valence-corrected chi connectivity index (χ4v) is 2.09. The SMILES string of the molecule is CNC(S)c1ccc2c(c1)CCC2. The van der Waals surface area contributed by atoms with Crippen LogP contribution in [0, 0.1) is 0 Å². The largest absolute Gasteiger partial charge is 0.305 e. The van der Waals surface area contributed by atoms with E-state index in [1.165, 1.54) is 36.0 Å². The third-order valence-corrected chi connectivity index (χ3v) is 3.27. The molecule has 1 atom stereocenters. The smallest absolute Gasteiger partial charge is 0.0757 e. The molecule has 1 nitrogen and oxygen atoms in total. The van der Waals surface area contributed by atoms with Crippen molar-refractivity contribution in [3.05, 3.63) is 34.9 Å². The van der Waals surface area contributed by atoms with Crippen molar-refractivity contribution in [1.82, 2.24) is 5.32 Å². The molecule has 2 rings (SSSR count). The van der Waals surface area contributed by atoms with Gasteiger partial charge in [-0.2, -0.15) is 12.6 Å². The number of benzene rings is 1. The number of nitrogens with one attached hydrogen (secondary N) is 1. The monoisotopic (exact) mass is 193 g/mol. The fraction of sp³-hybridized carbons (Fsp3) is 0.455. The lowest BCUT2D eigenvalue weighted by atomic mass is 10.1. The highest BCUT2D eigenvalue weighted by Crippen LogP contribution is 2.26. The van der Waals surface area contributed by atoms with Gasteiger partial charge in [-0.3, -0.25) is 0 Å². The Labute approximate surface area is 85.0 Å². The van der Waals surface area contributed by atoms with Crippen LogP contribution in [-0.2, 0) is 12.8 Å². The van der Waals surface area contributed by atoms with Gasteiger partial charge in [0.1, 0.15) is 0 Å². The van der Waals surface area contributed by atoms with Gasteiger partial charge in [0.25, 0.3) is 0 Å². The van der Waals surface area contributed by atoms with Gasteiger partial charge in [0.2, 0.25) is 0 Å². The molecule has 1 aliphatic carbocycles. The van der Waals surface area contributed by atoms with Gasteiger partial charge in [-0.05, 0) is 43.0 Å². The molecule has 1 N–H and O–H groups in total. The van der Waals surface area contributed by atoms with Gasteiger partial charge in [0, 0.05) is 0 Å². The Bertz CT molecular complexity index is 309. The molecule has 1 unspecified atom stereocenters. The van der Waals surface area contributed by atoms with Gasteiger partial charge >= 0.3 is 0 Å². The molecule has 13 heavy (non-hydrogen) atoms. The number of aryl methyl sites for hydroxylation is 2. The molecule has 70 valence electrons. The molecule has 0 spiro atoms. The van der Waals surface area contributed by atoms with E-state index in [1.807, 2.05) is 7.05 Å². The first-order chi connectivity index (χ1) is 6.31. The highest BCUT2D eigenvalue weighted by atomic mass is 32.1. The maximum atomic E-state index is 4.45. The average molecular weight is 193 g/mol. The van der Waals surface area contributed by atoms with Crippen LogP contribution < -0.4 is 5.32 Å². The van der Waals surface area contributed by atoms with Gasteiger partial charge in [-0.15, -0.1) is 0 Å². The zero-order chi connectivity index (χ0) is 9.26. The highest BCUT2D eigenvalue weighted by molar-refractivity contribution is 7.80. The predicted octanol–water partition coefficient (Wildman–Crippen LogP) is 2.32. The molecule has 1 aromatic rings. The van der Waals surface area contributed by atoms with Crippen LogP contribution in [0.15, 0.2) is 18.2 Å². The summed E-state index contributed by atoms with van der Waals surface area (Å²) in [6.07, 6.45) is 3.81. The van der Waals surface area contributed by atoms with E-state index in [1.54, 1.807) is 0 Å². The Balaban J connectivity index is 2.30. The van der Waals surface area contributed by atoms with E-state index in [2.05, 4.69) is 36.1 Å². The van der Waals surface area contributed by atoms with Crippen LogP contribution in [0.5, 0.6) is 0 Å². The second kappa shape index (κ2) is 3.72. The molecular weight excluding hydrogens is 178 g/mol. The van der Waals surface area contributed by atoms with Gasteiger partial charge in [-0.1, -0.05) is 18.2 Å². The van der Waals surface area contributed by atoms with Crippen LogP contribution in [0.2, 0.25) is 0 Å². The maximum Gasteiger partial charge on any atom is 0.0757 e. The molecule has 0 saturated carbocycles. The van der Waals surface area contributed by atoms with Crippen molar-refractivity contribution in [3.8, 4) is 0 Å². The Morgan fingerprint density at radius 2 is 2.08 bits per heavy atom. The summed E-state index contributed by atoms with van der Waals surface area (Å²) in [5.41, 5.74) is 4.33. The maximum absolute atomic E-state index is 4.45. The van der Waals surface area contributed by atoms with Crippen molar-refractivity contribution in [2.45, 2.75) is 24.6 Å². The Kier molecular flexibility index (Phi) is 2.61. The van der Waals surface area contributed by atoms with E-state index in [-0.39, 0.29) is 5.37 Å². The summed E-state index contributed by atoms with van der Waals surface area (Å²) in [5.74, 6) is 0. The van der Waals surface area contributed by atoms with Crippen LogP contribution in [0.4, 0.5) is 0 Å². The van der Waals surface area contributed by atoms with Crippen molar-refractivity contribution < 1.29 is 0 Å². The van der Waals surface area contributed by atoms with E-state index in [0.717, 1.165) is 0 Å².